The molecule has 0 radical (unpaired) electrons. The third-order valence-electron chi connectivity index (χ3n) is 2.02. The van der Waals surface area contributed by atoms with Crippen LogP contribution in [0.25, 0.3) is 0 Å². The average Bonchev–Trinajstić information content (AvgIpc) is 2.15. The monoisotopic (exact) mass is 278 g/mol. The number of rotatable bonds is 5. The van der Waals surface area contributed by atoms with Crippen LogP contribution in [0.5, 0.6) is 0 Å². The van der Waals surface area contributed by atoms with Gasteiger partial charge >= 0.3 is 0 Å². The predicted octanol–water partition coefficient (Wildman–Crippen LogP) is 1.44. The van der Waals surface area contributed by atoms with Crippen molar-refractivity contribution in [2.45, 2.75) is 17.9 Å². The highest BCUT2D eigenvalue weighted by Gasteiger charge is 2.21. The fraction of sp³-hybridized carbons (Fsp3) is 0.400. The molecule has 17 heavy (non-hydrogen) atoms. The topological polar surface area (TPSA) is 72.2 Å². The lowest BCUT2D eigenvalue weighted by Gasteiger charge is -2.13. The van der Waals surface area contributed by atoms with E-state index in [4.69, 9.17) is 5.73 Å². The number of benzene rings is 1. The zero-order chi connectivity index (χ0) is 13.1. The number of hydrogen-bond acceptors (Lipinski definition) is 4. The summed E-state index contributed by atoms with van der Waals surface area (Å²) in [4.78, 5) is -0.375. The minimum absolute atomic E-state index is 0.193. The van der Waals surface area contributed by atoms with Crippen LogP contribution < -0.4 is 10.5 Å². The molecule has 1 aromatic carbocycles. The highest BCUT2D eigenvalue weighted by molar-refractivity contribution is 7.98. The van der Waals surface area contributed by atoms with Crippen LogP contribution in [0.1, 0.15) is 6.92 Å². The summed E-state index contributed by atoms with van der Waals surface area (Å²) < 4.78 is 39.6. The van der Waals surface area contributed by atoms with Crippen molar-refractivity contribution >= 4 is 27.5 Å². The Labute approximate surface area is 105 Å². The summed E-state index contributed by atoms with van der Waals surface area (Å²) in [6, 6.07) is 3.26. The van der Waals surface area contributed by atoms with Gasteiger partial charge in [-0.3, -0.25) is 0 Å². The number of thioether (sulfide) groups is 1. The van der Waals surface area contributed by atoms with E-state index in [1.807, 2.05) is 6.26 Å². The van der Waals surface area contributed by atoms with Crippen molar-refractivity contribution in [3.63, 3.8) is 0 Å². The fourth-order valence-electron chi connectivity index (χ4n) is 1.35. The first-order chi connectivity index (χ1) is 7.86. The van der Waals surface area contributed by atoms with Crippen molar-refractivity contribution in [3.05, 3.63) is 24.0 Å². The lowest BCUT2D eigenvalue weighted by molar-refractivity contribution is 0.550. The molecular weight excluding hydrogens is 263 g/mol. The third-order valence-corrected chi connectivity index (χ3v) is 4.47. The van der Waals surface area contributed by atoms with Crippen LogP contribution in [0.15, 0.2) is 23.1 Å². The first-order valence-electron chi connectivity index (χ1n) is 4.93. The average molecular weight is 278 g/mol. The maximum absolute atomic E-state index is 13.5. The molecule has 0 bridgehead atoms. The molecule has 1 unspecified atom stereocenters. The van der Waals surface area contributed by atoms with Crippen LogP contribution in [-0.2, 0) is 10.0 Å². The number of sulfonamides is 1. The first kappa shape index (κ1) is 14.3. The molecule has 1 aromatic rings. The van der Waals surface area contributed by atoms with Crippen molar-refractivity contribution in [3.8, 4) is 0 Å². The molecule has 0 aliphatic rings. The summed E-state index contributed by atoms with van der Waals surface area (Å²) in [5.41, 5.74) is 5.55. The van der Waals surface area contributed by atoms with Gasteiger partial charge < -0.3 is 5.73 Å². The van der Waals surface area contributed by atoms with E-state index in [1.54, 1.807) is 6.92 Å². The second kappa shape index (κ2) is 5.70. The summed E-state index contributed by atoms with van der Waals surface area (Å²) >= 11 is 1.51. The second-order valence-corrected chi connectivity index (χ2v) is 6.26. The predicted molar refractivity (Wildman–Crippen MR) is 69.0 cm³/mol. The van der Waals surface area contributed by atoms with Gasteiger partial charge in [0.05, 0.1) is 0 Å². The Kier molecular flexibility index (Phi) is 4.79. The SMILES string of the molecule is CSCC(C)NS(=O)(=O)c1ccc(N)cc1F. The van der Waals surface area contributed by atoms with Crippen LogP contribution in [-0.4, -0.2) is 26.5 Å². The van der Waals surface area contributed by atoms with E-state index in [-0.39, 0.29) is 16.6 Å². The van der Waals surface area contributed by atoms with E-state index >= 15 is 0 Å². The van der Waals surface area contributed by atoms with Crippen LogP contribution in [0.3, 0.4) is 0 Å². The van der Waals surface area contributed by atoms with Gasteiger partial charge in [0.1, 0.15) is 10.7 Å². The lowest BCUT2D eigenvalue weighted by Crippen LogP contribution is -2.34. The Balaban J connectivity index is 2.97. The normalized spacial score (nSPS) is 13.6. The minimum atomic E-state index is -3.82. The standard InChI is InChI=1S/C10H15FN2O2S2/c1-7(6-16-2)13-17(14,15)10-4-3-8(12)5-9(10)11/h3-5,7,13H,6,12H2,1-2H3. The molecule has 0 aromatic heterocycles. The molecule has 0 heterocycles. The van der Waals surface area contributed by atoms with E-state index in [0.29, 0.717) is 5.75 Å². The number of hydrogen-bond donors (Lipinski definition) is 2. The summed E-state index contributed by atoms with van der Waals surface area (Å²) in [7, 11) is -3.82. The molecule has 0 saturated heterocycles. The Morgan fingerprint density at radius 2 is 2.18 bits per heavy atom. The van der Waals surface area contributed by atoms with Gasteiger partial charge in [0.15, 0.2) is 0 Å². The Bertz CT molecular complexity index is 491. The Morgan fingerprint density at radius 1 is 1.53 bits per heavy atom. The molecule has 0 aliphatic heterocycles. The third kappa shape index (κ3) is 3.86. The molecule has 96 valence electrons. The van der Waals surface area contributed by atoms with Crippen molar-refractivity contribution in [1.82, 2.24) is 4.72 Å². The maximum atomic E-state index is 13.5. The largest absolute Gasteiger partial charge is 0.399 e. The zero-order valence-corrected chi connectivity index (χ0v) is 11.2. The van der Waals surface area contributed by atoms with Crippen LogP contribution in [0.4, 0.5) is 10.1 Å². The number of halogens is 1. The Hall–Kier alpha value is -0.790. The fourth-order valence-corrected chi connectivity index (χ4v) is 3.34. The molecule has 4 nitrogen and oxygen atoms in total. The number of nitrogens with one attached hydrogen (secondary N) is 1. The lowest BCUT2D eigenvalue weighted by atomic mass is 10.3. The van der Waals surface area contributed by atoms with Gasteiger partial charge in [-0.15, -0.1) is 0 Å². The van der Waals surface area contributed by atoms with E-state index in [1.165, 1.54) is 23.9 Å². The van der Waals surface area contributed by atoms with E-state index in [0.717, 1.165) is 6.07 Å². The van der Waals surface area contributed by atoms with Gasteiger partial charge in [-0.1, -0.05) is 0 Å². The molecule has 0 aliphatic carbocycles. The van der Waals surface area contributed by atoms with Gasteiger partial charge in [0.2, 0.25) is 10.0 Å². The van der Waals surface area contributed by atoms with Crippen LogP contribution >= 0.6 is 11.8 Å². The summed E-state index contributed by atoms with van der Waals surface area (Å²) in [6.45, 7) is 1.73. The van der Waals surface area contributed by atoms with E-state index in [2.05, 4.69) is 4.72 Å². The van der Waals surface area contributed by atoms with Gasteiger partial charge in [0, 0.05) is 17.5 Å². The maximum Gasteiger partial charge on any atom is 0.243 e. The molecule has 0 fully saturated rings. The summed E-state index contributed by atoms with van der Waals surface area (Å²) in [5, 5.41) is 0. The molecule has 1 rings (SSSR count). The second-order valence-electron chi connectivity index (χ2n) is 3.67. The first-order valence-corrected chi connectivity index (χ1v) is 7.81. The van der Waals surface area contributed by atoms with Crippen LogP contribution in [0, 0.1) is 5.82 Å². The smallest absolute Gasteiger partial charge is 0.243 e. The molecular formula is C10H15FN2O2S2. The van der Waals surface area contributed by atoms with Crippen molar-refractivity contribution < 1.29 is 12.8 Å². The van der Waals surface area contributed by atoms with Crippen molar-refractivity contribution in [1.29, 1.82) is 0 Å². The molecule has 3 N–H and O–H groups in total. The number of nitrogens with two attached hydrogens (primary N) is 1. The van der Waals surface area contributed by atoms with Gasteiger partial charge in [0.25, 0.3) is 0 Å². The quantitative estimate of drug-likeness (QED) is 0.799. The minimum Gasteiger partial charge on any atom is -0.399 e. The zero-order valence-electron chi connectivity index (χ0n) is 9.60. The highest BCUT2D eigenvalue weighted by Crippen LogP contribution is 2.17. The van der Waals surface area contributed by atoms with E-state index in [9.17, 15) is 12.8 Å². The van der Waals surface area contributed by atoms with E-state index < -0.39 is 15.8 Å². The molecule has 7 heteroatoms. The molecule has 0 amide bonds. The van der Waals surface area contributed by atoms with Gasteiger partial charge in [-0.2, -0.15) is 11.8 Å². The summed E-state index contributed by atoms with van der Waals surface area (Å²) in [6.07, 6.45) is 1.87. The van der Waals surface area contributed by atoms with Gasteiger partial charge in [-0.25, -0.2) is 17.5 Å². The Morgan fingerprint density at radius 3 is 2.71 bits per heavy atom. The van der Waals surface area contributed by atoms with Crippen molar-refractivity contribution in [2.24, 2.45) is 0 Å². The molecule has 0 spiro atoms. The molecule has 1 atom stereocenters. The molecule has 0 saturated carbocycles. The van der Waals surface area contributed by atoms with Gasteiger partial charge in [-0.05, 0) is 31.4 Å². The number of nitrogen functional groups attached to an aromatic ring is 1. The highest BCUT2D eigenvalue weighted by atomic mass is 32.2. The van der Waals surface area contributed by atoms with Crippen LogP contribution in [0.2, 0.25) is 0 Å². The number of anilines is 1. The summed E-state index contributed by atoms with van der Waals surface area (Å²) in [5.74, 6) is -0.218. The van der Waals surface area contributed by atoms with Crippen molar-refractivity contribution in [2.75, 3.05) is 17.7 Å².